The third-order valence-electron chi connectivity index (χ3n) is 3.36. The molecule has 0 spiro atoms. The van der Waals surface area contributed by atoms with E-state index < -0.39 is 0 Å². The van der Waals surface area contributed by atoms with E-state index in [2.05, 4.69) is 10.6 Å². The number of hydrogen-bond donors (Lipinski definition) is 2. The number of fused-ring (bicyclic) bond motifs is 1. The van der Waals surface area contributed by atoms with Gasteiger partial charge in [0.15, 0.2) is 11.5 Å². The molecule has 0 aliphatic carbocycles. The average molecular weight is 349 g/mol. The van der Waals surface area contributed by atoms with E-state index in [-0.39, 0.29) is 12.8 Å². The Hall–Kier alpha value is -2.60. The van der Waals surface area contributed by atoms with Gasteiger partial charge in [-0.3, -0.25) is 0 Å². The van der Waals surface area contributed by atoms with Crippen LogP contribution in [0, 0.1) is 6.92 Å². The second-order valence-corrected chi connectivity index (χ2v) is 5.64. The van der Waals surface area contributed by atoms with Crippen molar-refractivity contribution in [1.29, 1.82) is 0 Å². The highest BCUT2D eigenvalue weighted by Crippen LogP contribution is 2.34. The first kappa shape index (κ1) is 16.3. The lowest BCUT2D eigenvalue weighted by molar-refractivity contribution is 0.174. The van der Waals surface area contributed by atoms with Crippen molar-refractivity contribution >= 4 is 23.3 Å². The number of anilines is 1. The molecule has 0 saturated carbocycles. The third-order valence-corrected chi connectivity index (χ3v) is 3.67. The van der Waals surface area contributed by atoms with Gasteiger partial charge < -0.3 is 24.8 Å². The molecule has 7 heteroatoms. The number of halogens is 1. The molecule has 1 aliphatic heterocycles. The van der Waals surface area contributed by atoms with Crippen LogP contribution in [0.2, 0.25) is 5.02 Å². The van der Waals surface area contributed by atoms with Crippen LogP contribution < -0.4 is 24.8 Å². The van der Waals surface area contributed by atoms with Crippen LogP contribution in [0.25, 0.3) is 0 Å². The number of hydrogen-bond acceptors (Lipinski definition) is 4. The van der Waals surface area contributed by atoms with Crippen LogP contribution in [0.15, 0.2) is 36.4 Å². The van der Waals surface area contributed by atoms with Gasteiger partial charge in [-0.25, -0.2) is 4.79 Å². The monoisotopic (exact) mass is 348 g/mol. The molecule has 0 aromatic heterocycles. The van der Waals surface area contributed by atoms with Gasteiger partial charge >= 0.3 is 6.03 Å². The summed E-state index contributed by atoms with van der Waals surface area (Å²) in [5, 5.41) is 5.98. The molecule has 6 nitrogen and oxygen atoms in total. The summed E-state index contributed by atoms with van der Waals surface area (Å²) in [5.74, 6) is 1.89. The van der Waals surface area contributed by atoms with E-state index in [1.165, 1.54) is 0 Å². The van der Waals surface area contributed by atoms with Gasteiger partial charge in [0.05, 0.1) is 11.6 Å². The van der Waals surface area contributed by atoms with Crippen LogP contribution in [0.1, 0.15) is 5.56 Å². The quantitative estimate of drug-likeness (QED) is 0.810. The smallest absolute Gasteiger partial charge is 0.319 e. The van der Waals surface area contributed by atoms with Gasteiger partial charge in [-0.1, -0.05) is 17.7 Å². The fourth-order valence-corrected chi connectivity index (χ4v) is 2.37. The molecule has 2 aromatic carbocycles. The van der Waals surface area contributed by atoms with Crippen LogP contribution in [0.4, 0.5) is 10.5 Å². The van der Waals surface area contributed by atoms with E-state index in [0.717, 1.165) is 5.56 Å². The molecule has 0 fully saturated rings. The number of carbonyl (C=O) groups excluding carboxylic acids is 1. The number of benzene rings is 2. The van der Waals surface area contributed by atoms with Gasteiger partial charge in [0.1, 0.15) is 12.4 Å². The van der Waals surface area contributed by atoms with Gasteiger partial charge in [0.2, 0.25) is 6.79 Å². The molecule has 0 unspecified atom stereocenters. The van der Waals surface area contributed by atoms with Crippen LogP contribution >= 0.6 is 11.6 Å². The largest absolute Gasteiger partial charge is 0.490 e. The Balaban J connectivity index is 1.43. The summed E-state index contributed by atoms with van der Waals surface area (Å²) in [5.41, 5.74) is 1.68. The van der Waals surface area contributed by atoms with Crippen molar-refractivity contribution in [1.82, 2.24) is 5.32 Å². The van der Waals surface area contributed by atoms with Crippen molar-refractivity contribution < 1.29 is 19.0 Å². The number of carbonyl (C=O) groups is 1. The SMILES string of the molecule is Cc1ccc(Cl)c(OCCNC(=O)Nc2ccc3c(c2)OCO3)c1. The van der Waals surface area contributed by atoms with E-state index >= 15 is 0 Å². The first-order valence-corrected chi connectivity index (χ1v) is 7.83. The Morgan fingerprint density at radius 1 is 1.21 bits per heavy atom. The summed E-state index contributed by atoms with van der Waals surface area (Å²) in [4.78, 5) is 11.9. The van der Waals surface area contributed by atoms with Crippen molar-refractivity contribution in [3.05, 3.63) is 47.0 Å². The molecule has 2 aromatic rings. The van der Waals surface area contributed by atoms with E-state index in [9.17, 15) is 4.79 Å². The van der Waals surface area contributed by atoms with E-state index in [1.54, 1.807) is 24.3 Å². The van der Waals surface area contributed by atoms with Gasteiger partial charge in [0.25, 0.3) is 0 Å². The number of aryl methyl sites for hydroxylation is 1. The standard InChI is InChI=1S/C17H17ClN2O4/c1-11-2-4-13(18)15(8-11)22-7-6-19-17(21)20-12-3-5-14-16(9-12)24-10-23-14/h2-5,8-9H,6-7,10H2,1H3,(H2,19,20,21). The maximum Gasteiger partial charge on any atom is 0.319 e. The molecular formula is C17H17ClN2O4. The van der Waals surface area contributed by atoms with Crippen LogP contribution in [0.3, 0.4) is 0 Å². The molecule has 0 bridgehead atoms. The fraction of sp³-hybridized carbons (Fsp3) is 0.235. The number of ether oxygens (including phenoxy) is 3. The van der Waals surface area contributed by atoms with Crippen LogP contribution in [-0.4, -0.2) is 26.0 Å². The zero-order valence-corrected chi connectivity index (χ0v) is 13.9. The third kappa shape index (κ3) is 4.02. The number of amides is 2. The maximum absolute atomic E-state index is 11.9. The molecule has 1 heterocycles. The molecule has 0 atom stereocenters. The minimum atomic E-state index is -0.326. The highest BCUT2D eigenvalue weighted by molar-refractivity contribution is 6.32. The summed E-state index contributed by atoms with van der Waals surface area (Å²) in [6.45, 7) is 2.82. The molecule has 1 aliphatic rings. The highest BCUT2D eigenvalue weighted by atomic mass is 35.5. The number of nitrogens with one attached hydrogen (secondary N) is 2. The van der Waals surface area contributed by atoms with Crippen molar-refractivity contribution in [2.24, 2.45) is 0 Å². The lowest BCUT2D eigenvalue weighted by Crippen LogP contribution is -2.32. The fourth-order valence-electron chi connectivity index (χ4n) is 2.20. The molecule has 0 radical (unpaired) electrons. The molecule has 2 N–H and O–H groups in total. The lowest BCUT2D eigenvalue weighted by atomic mass is 10.2. The van der Waals surface area contributed by atoms with Crippen molar-refractivity contribution in [3.63, 3.8) is 0 Å². The summed E-state index contributed by atoms with van der Waals surface area (Å²) >= 11 is 6.04. The van der Waals surface area contributed by atoms with E-state index in [4.69, 9.17) is 25.8 Å². The Labute approximate surface area is 144 Å². The zero-order chi connectivity index (χ0) is 16.9. The molecule has 126 valence electrons. The van der Waals surface area contributed by atoms with Crippen LogP contribution in [0.5, 0.6) is 17.2 Å². The van der Waals surface area contributed by atoms with Crippen molar-refractivity contribution in [2.45, 2.75) is 6.92 Å². The Bertz CT molecular complexity index is 751. The molecule has 24 heavy (non-hydrogen) atoms. The predicted molar refractivity (Wildman–Crippen MR) is 91.3 cm³/mol. The summed E-state index contributed by atoms with van der Waals surface area (Å²) in [6.07, 6.45) is 0. The minimum absolute atomic E-state index is 0.198. The second-order valence-electron chi connectivity index (χ2n) is 5.23. The van der Waals surface area contributed by atoms with E-state index in [0.29, 0.717) is 41.1 Å². The summed E-state index contributed by atoms with van der Waals surface area (Å²) in [7, 11) is 0. The molecule has 0 saturated heterocycles. The maximum atomic E-state index is 11.9. The van der Waals surface area contributed by atoms with E-state index in [1.807, 2.05) is 19.1 Å². The normalized spacial score (nSPS) is 11.9. The van der Waals surface area contributed by atoms with Gasteiger partial charge in [-0.05, 0) is 36.8 Å². The molecule has 3 rings (SSSR count). The summed E-state index contributed by atoms with van der Waals surface area (Å²) < 4.78 is 16.1. The van der Waals surface area contributed by atoms with Crippen molar-refractivity contribution in [2.75, 3.05) is 25.3 Å². The topological polar surface area (TPSA) is 68.8 Å². The average Bonchev–Trinajstić information content (AvgIpc) is 3.02. The van der Waals surface area contributed by atoms with Crippen LogP contribution in [-0.2, 0) is 0 Å². The zero-order valence-electron chi connectivity index (χ0n) is 13.1. The Kier molecular flexibility index (Phi) is 4.96. The molecule has 2 amide bonds. The van der Waals surface area contributed by atoms with Crippen molar-refractivity contribution in [3.8, 4) is 17.2 Å². The van der Waals surface area contributed by atoms with Gasteiger partial charge in [-0.2, -0.15) is 0 Å². The molecular weight excluding hydrogens is 332 g/mol. The first-order chi connectivity index (χ1) is 11.6. The highest BCUT2D eigenvalue weighted by Gasteiger charge is 2.14. The summed E-state index contributed by atoms with van der Waals surface area (Å²) in [6, 6.07) is 10.4. The minimum Gasteiger partial charge on any atom is -0.490 e. The van der Waals surface area contributed by atoms with Gasteiger partial charge in [0, 0.05) is 11.8 Å². The number of rotatable bonds is 5. The predicted octanol–water partition coefficient (Wildman–Crippen LogP) is 3.58. The Morgan fingerprint density at radius 2 is 2.04 bits per heavy atom. The lowest BCUT2D eigenvalue weighted by Gasteiger charge is -2.11. The first-order valence-electron chi connectivity index (χ1n) is 7.45. The number of urea groups is 1. The second kappa shape index (κ2) is 7.31. The Morgan fingerprint density at radius 3 is 2.92 bits per heavy atom. The van der Waals surface area contributed by atoms with Gasteiger partial charge in [-0.15, -0.1) is 0 Å².